The van der Waals surface area contributed by atoms with Gasteiger partial charge < -0.3 is 14.2 Å². The smallest absolute Gasteiger partial charge is 0.205 e. The average Bonchev–Trinajstić information content (AvgIpc) is 3.30. The van der Waals surface area contributed by atoms with Gasteiger partial charge in [0.2, 0.25) is 12.1 Å². The maximum atomic E-state index is 6.57. The van der Waals surface area contributed by atoms with Gasteiger partial charge in [-0.25, -0.2) is 9.78 Å². The molecular weight excluding hydrogens is 548 g/mol. The van der Waals surface area contributed by atoms with Crippen LogP contribution in [0, 0.1) is 23.7 Å². The van der Waals surface area contributed by atoms with Crippen LogP contribution in [0.25, 0.3) is 22.5 Å². The molecule has 8 heteroatoms. The first kappa shape index (κ1) is 24.8. The lowest BCUT2D eigenvalue weighted by molar-refractivity contribution is -0.575. The third-order valence-electron chi connectivity index (χ3n) is 9.23. The van der Waals surface area contributed by atoms with Gasteiger partial charge >= 0.3 is 0 Å². The number of fused-ring (bicyclic) bond motifs is 2. The molecular formula is C30H33BrN2O5. The van der Waals surface area contributed by atoms with Crippen LogP contribution in [0.2, 0.25) is 0 Å². The van der Waals surface area contributed by atoms with Crippen molar-refractivity contribution >= 4 is 15.9 Å². The second-order valence-electron chi connectivity index (χ2n) is 11.6. The van der Waals surface area contributed by atoms with Crippen molar-refractivity contribution in [3.05, 3.63) is 59.1 Å². The van der Waals surface area contributed by atoms with Crippen LogP contribution in [0.15, 0.2) is 59.1 Å². The number of nitrogens with zero attached hydrogens (tertiary/aromatic N) is 1. The maximum absolute atomic E-state index is 6.57. The Morgan fingerprint density at radius 2 is 1.71 bits per heavy atom. The highest BCUT2D eigenvalue weighted by atomic mass is 79.9. The third kappa shape index (κ3) is 3.95. The van der Waals surface area contributed by atoms with Gasteiger partial charge in [-0.1, -0.05) is 41.9 Å². The van der Waals surface area contributed by atoms with Gasteiger partial charge in [-0.15, -0.1) is 0 Å². The zero-order valence-electron chi connectivity index (χ0n) is 21.9. The zero-order chi connectivity index (χ0) is 26.1. The van der Waals surface area contributed by atoms with Gasteiger partial charge in [0.1, 0.15) is 5.75 Å². The van der Waals surface area contributed by atoms with Crippen LogP contribution in [0.1, 0.15) is 46.5 Å². The predicted octanol–water partition coefficient (Wildman–Crippen LogP) is 7.09. The van der Waals surface area contributed by atoms with Crippen molar-refractivity contribution in [1.82, 2.24) is 10.2 Å². The molecule has 3 aromatic rings. The summed E-state index contributed by atoms with van der Waals surface area (Å²) in [6, 6.07) is 18.3. The number of hydrogen-bond acceptors (Lipinski definition) is 6. The summed E-state index contributed by atoms with van der Waals surface area (Å²) in [5.41, 5.74) is 3.38. The number of rotatable bonds is 4. The zero-order valence-corrected chi connectivity index (χ0v) is 23.4. The van der Waals surface area contributed by atoms with Crippen LogP contribution < -0.4 is 4.74 Å². The number of benzene rings is 2. The largest absolute Gasteiger partial charge is 0.465 e. The Labute approximate surface area is 231 Å². The quantitative estimate of drug-likeness (QED) is 0.332. The molecule has 2 aromatic carbocycles. The SMILES string of the molecule is C[C@H]1[C@@H](Oc2ccc(-c3cc(-c4ccc(Br)cc4)[nH]n3)cc2)O[C@@H]2O[C@@]3(C)CC[C@H]4[C@H](C)CC[C@@H]1[C@@]24OO3. The highest BCUT2D eigenvalue weighted by Gasteiger charge is 2.69. The molecule has 1 spiro atoms. The summed E-state index contributed by atoms with van der Waals surface area (Å²) in [5, 5.41) is 7.66. The Hall–Kier alpha value is -2.23. The molecule has 1 saturated carbocycles. The van der Waals surface area contributed by atoms with E-state index in [9.17, 15) is 0 Å². The van der Waals surface area contributed by atoms with Crippen LogP contribution in [0.3, 0.4) is 0 Å². The molecule has 2 bridgehead atoms. The molecule has 0 amide bonds. The molecule has 8 atom stereocenters. The van der Waals surface area contributed by atoms with E-state index in [1.54, 1.807) is 0 Å². The molecule has 200 valence electrons. The molecule has 4 saturated heterocycles. The fourth-order valence-electron chi connectivity index (χ4n) is 7.09. The van der Waals surface area contributed by atoms with E-state index in [1.807, 2.05) is 43.3 Å². The summed E-state index contributed by atoms with van der Waals surface area (Å²) in [4.78, 5) is 12.2. The molecule has 8 rings (SSSR count). The van der Waals surface area contributed by atoms with Crippen molar-refractivity contribution in [2.24, 2.45) is 23.7 Å². The van der Waals surface area contributed by atoms with E-state index in [0.717, 1.165) is 52.0 Å². The number of nitrogens with one attached hydrogen (secondary N) is 1. The number of hydrogen-bond donors (Lipinski definition) is 1. The number of aromatic nitrogens is 2. The normalized spacial score (nSPS) is 37.9. The van der Waals surface area contributed by atoms with Crippen molar-refractivity contribution in [2.75, 3.05) is 0 Å². The molecule has 0 unspecified atom stereocenters. The van der Waals surface area contributed by atoms with Crippen LogP contribution in [-0.2, 0) is 19.2 Å². The molecule has 7 nitrogen and oxygen atoms in total. The Morgan fingerprint density at radius 3 is 2.50 bits per heavy atom. The molecule has 5 fully saturated rings. The van der Waals surface area contributed by atoms with E-state index < -0.39 is 24.0 Å². The summed E-state index contributed by atoms with van der Waals surface area (Å²) in [7, 11) is 0. The van der Waals surface area contributed by atoms with Gasteiger partial charge in [0.15, 0.2) is 11.9 Å². The predicted molar refractivity (Wildman–Crippen MR) is 145 cm³/mol. The van der Waals surface area contributed by atoms with Crippen molar-refractivity contribution in [2.45, 2.75) is 70.4 Å². The lowest BCUT2D eigenvalue weighted by Gasteiger charge is -2.60. The number of ether oxygens (including phenoxy) is 3. The first-order chi connectivity index (χ1) is 18.3. The summed E-state index contributed by atoms with van der Waals surface area (Å²) in [5.74, 6) is 1.20. The first-order valence-electron chi connectivity index (χ1n) is 13.6. The van der Waals surface area contributed by atoms with E-state index in [2.05, 4.69) is 58.2 Å². The maximum Gasteiger partial charge on any atom is 0.205 e. The lowest BCUT2D eigenvalue weighted by atomic mass is 9.58. The van der Waals surface area contributed by atoms with Crippen LogP contribution in [-0.4, -0.2) is 34.2 Å². The van der Waals surface area contributed by atoms with Gasteiger partial charge in [-0.2, -0.15) is 5.10 Å². The van der Waals surface area contributed by atoms with Gasteiger partial charge in [-0.05, 0) is 86.1 Å². The standard InChI is InChI=1S/C30H33BrN2O5/c1-17-4-13-24-18(2)27(35-28-30(24)23(17)14-15-29(3,36-28)37-38-30)34-22-11-7-20(8-12-22)26-16-25(32-33-26)19-5-9-21(31)10-6-19/h5-12,16-18,23-24,27-28H,4,13-15H2,1-3H3,(H,32,33)/t17-,18-,23+,24+,27+,28-,29-,30-/m1/s1. The third-order valence-corrected chi connectivity index (χ3v) is 9.76. The summed E-state index contributed by atoms with van der Waals surface area (Å²) >= 11 is 3.49. The number of halogens is 1. The molecule has 1 aliphatic carbocycles. The van der Waals surface area contributed by atoms with Crippen molar-refractivity contribution in [3.63, 3.8) is 0 Å². The lowest BCUT2D eigenvalue weighted by Crippen LogP contribution is -2.70. The van der Waals surface area contributed by atoms with E-state index in [-0.39, 0.29) is 11.8 Å². The van der Waals surface area contributed by atoms with E-state index >= 15 is 0 Å². The molecule has 1 aromatic heterocycles. The summed E-state index contributed by atoms with van der Waals surface area (Å²) in [6.07, 6.45) is 3.08. The Kier molecular flexibility index (Phi) is 5.98. The van der Waals surface area contributed by atoms with Gasteiger partial charge in [0.05, 0.1) is 11.4 Å². The van der Waals surface area contributed by atoms with E-state index in [4.69, 9.17) is 24.0 Å². The average molecular weight is 582 g/mol. The van der Waals surface area contributed by atoms with Crippen LogP contribution >= 0.6 is 15.9 Å². The van der Waals surface area contributed by atoms with Crippen LogP contribution in [0.5, 0.6) is 5.75 Å². The highest BCUT2D eigenvalue weighted by molar-refractivity contribution is 9.10. The molecule has 0 radical (unpaired) electrons. The van der Waals surface area contributed by atoms with E-state index in [1.165, 1.54) is 6.42 Å². The van der Waals surface area contributed by atoms with E-state index in [0.29, 0.717) is 11.8 Å². The molecule has 1 N–H and O–H groups in total. The van der Waals surface area contributed by atoms with Gasteiger partial charge in [0, 0.05) is 28.3 Å². The Morgan fingerprint density at radius 1 is 0.947 bits per heavy atom. The minimum atomic E-state index is -0.789. The minimum absolute atomic E-state index is 0.121. The second kappa shape index (κ2) is 9.17. The van der Waals surface area contributed by atoms with Crippen molar-refractivity contribution in [1.29, 1.82) is 0 Å². The van der Waals surface area contributed by atoms with Crippen LogP contribution in [0.4, 0.5) is 0 Å². The highest BCUT2D eigenvalue weighted by Crippen LogP contribution is 2.60. The molecule has 4 aliphatic heterocycles. The molecule has 5 heterocycles. The fraction of sp³-hybridized carbons (Fsp3) is 0.500. The van der Waals surface area contributed by atoms with Gasteiger partial charge in [0.25, 0.3) is 0 Å². The minimum Gasteiger partial charge on any atom is -0.465 e. The second-order valence-corrected chi connectivity index (χ2v) is 12.5. The molecule has 38 heavy (non-hydrogen) atoms. The fourth-order valence-corrected chi connectivity index (χ4v) is 7.36. The van der Waals surface area contributed by atoms with Gasteiger partial charge in [-0.3, -0.25) is 5.10 Å². The summed E-state index contributed by atoms with van der Waals surface area (Å²) in [6.45, 7) is 6.48. The topological polar surface area (TPSA) is 74.8 Å². The summed E-state index contributed by atoms with van der Waals surface area (Å²) < 4.78 is 20.5. The first-order valence-corrected chi connectivity index (χ1v) is 14.4. The number of aromatic amines is 1. The Bertz CT molecular complexity index is 1310. The molecule has 5 aliphatic rings. The monoisotopic (exact) mass is 580 g/mol. The van der Waals surface area contributed by atoms with Crippen molar-refractivity contribution in [3.8, 4) is 28.3 Å². The Balaban J connectivity index is 1.10. The number of H-pyrrole nitrogens is 1. The van der Waals surface area contributed by atoms with Crippen molar-refractivity contribution < 1.29 is 24.0 Å².